The second-order valence-electron chi connectivity index (χ2n) is 6.47. The molecule has 5 heteroatoms. The van der Waals surface area contributed by atoms with E-state index in [9.17, 15) is 5.11 Å². The lowest BCUT2D eigenvalue weighted by molar-refractivity contribution is -0.575. The summed E-state index contributed by atoms with van der Waals surface area (Å²) >= 11 is 9.18. The average Bonchev–Trinajstić information content (AvgIpc) is 2.75. The smallest absolute Gasteiger partial charge is 0.288 e. The summed E-state index contributed by atoms with van der Waals surface area (Å²) in [5.74, 6) is 0.103. The average molecular weight is 462 g/mol. The monoisotopic (exact) mass is 461 g/mol. The quantitative estimate of drug-likeness (QED) is 0.164. The van der Waals surface area contributed by atoms with Gasteiger partial charge in [0.05, 0.1) is 0 Å². The number of hydrogen-bond acceptors (Lipinski definition) is 2. The molecular weight excluding hydrogens is 444 g/mol. The highest BCUT2D eigenvalue weighted by atomic mass is 79.9. The summed E-state index contributed by atoms with van der Waals surface area (Å²) in [7, 11) is 0. The van der Waals surface area contributed by atoms with Crippen LogP contribution in [0.4, 0.5) is 5.69 Å². The van der Waals surface area contributed by atoms with E-state index in [1.807, 2.05) is 89.8 Å². The van der Waals surface area contributed by atoms with Crippen molar-refractivity contribution in [1.82, 2.24) is 0 Å². The minimum absolute atomic E-state index is 0.103. The number of rotatable bonds is 4. The van der Waals surface area contributed by atoms with E-state index in [1.54, 1.807) is 0 Å². The molecule has 0 bridgehead atoms. The van der Waals surface area contributed by atoms with Gasteiger partial charge in [0.25, 0.3) is 5.70 Å². The Hall–Kier alpha value is -3.02. The molecule has 0 aliphatic carbocycles. The van der Waals surface area contributed by atoms with Gasteiger partial charge >= 0.3 is 0 Å². The second kappa shape index (κ2) is 8.55. The predicted molar refractivity (Wildman–Crippen MR) is 127 cm³/mol. The topological polar surface area (TPSA) is 36.1 Å². The maximum Gasteiger partial charge on any atom is 0.288 e. The third kappa shape index (κ3) is 4.21. The Morgan fingerprint density at radius 1 is 0.828 bits per heavy atom. The third-order valence-corrected chi connectivity index (χ3v) is 5.39. The van der Waals surface area contributed by atoms with E-state index in [4.69, 9.17) is 12.2 Å². The number of hydrogen-bond donors (Lipinski definition) is 2. The minimum Gasteiger partial charge on any atom is -0.502 e. The Morgan fingerprint density at radius 2 is 1.52 bits per heavy atom. The maximum atomic E-state index is 11.1. The van der Waals surface area contributed by atoms with Crippen molar-refractivity contribution >= 4 is 61.1 Å². The molecule has 29 heavy (non-hydrogen) atoms. The number of aromatic nitrogens is 1. The fourth-order valence-electron chi connectivity index (χ4n) is 3.16. The van der Waals surface area contributed by atoms with Gasteiger partial charge in [-0.05, 0) is 35.7 Å². The standard InChI is InChI=1S/C24H17BrN2OS/c25-19-13-11-18(12-14-19)23(28)22(27-15-4-1-5-16-27)24(29)26-21-10-6-8-17-7-2-3-9-20(17)21/h1-16H,(H-,26,28,29)/p+1. The Labute approximate surface area is 183 Å². The fraction of sp³-hybridized carbons (Fsp3) is 0. The minimum atomic E-state index is 0.103. The molecule has 2 N–H and O–H groups in total. The van der Waals surface area contributed by atoms with Crippen LogP contribution in [0.5, 0.6) is 0 Å². The molecule has 0 radical (unpaired) electrons. The van der Waals surface area contributed by atoms with E-state index < -0.39 is 0 Å². The number of benzene rings is 3. The molecule has 0 unspecified atom stereocenters. The number of halogens is 1. The van der Waals surface area contributed by atoms with Crippen LogP contribution in [0.1, 0.15) is 5.56 Å². The first-order valence-electron chi connectivity index (χ1n) is 9.08. The molecule has 3 nitrogen and oxygen atoms in total. The zero-order valence-corrected chi connectivity index (χ0v) is 17.8. The Kier molecular flexibility index (Phi) is 5.69. The van der Waals surface area contributed by atoms with Gasteiger partial charge in [0.15, 0.2) is 23.1 Å². The van der Waals surface area contributed by atoms with Gasteiger partial charge in [-0.3, -0.25) is 0 Å². The molecule has 1 aromatic heterocycles. The molecule has 4 rings (SSSR count). The summed E-state index contributed by atoms with van der Waals surface area (Å²) in [6, 6.07) is 27.3. The molecule has 0 saturated carbocycles. The lowest BCUT2D eigenvalue weighted by Gasteiger charge is -2.12. The predicted octanol–water partition coefficient (Wildman–Crippen LogP) is 6.21. The normalized spacial score (nSPS) is 11.8. The van der Waals surface area contributed by atoms with Crippen LogP contribution < -0.4 is 9.88 Å². The number of nitrogens with zero attached hydrogens (tertiary/aromatic N) is 1. The largest absolute Gasteiger partial charge is 0.502 e. The summed E-state index contributed by atoms with van der Waals surface area (Å²) in [4.78, 5) is 0.429. The van der Waals surface area contributed by atoms with Crippen molar-refractivity contribution in [2.75, 3.05) is 5.32 Å². The van der Waals surface area contributed by atoms with Crippen LogP contribution in [0.2, 0.25) is 0 Å². The van der Waals surface area contributed by atoms with Gasteiger partial charge in [0.2, 0.25) is 0 Å². The highest BCUT2D eigenvalue weighted by Gasteiger charge is 2.24. The molecule has 142 valence electrons. The number of aliphatic hydroxyl groups excluding tert-OH is 1. The van der Waals surface area contributed by atoms with Gasteiger partial charge in [0.1, 0.15) is 0 Å². The maximum absolute atomic E-state index is 11.1. The molecule has 0 aliphatic heterocycles. The van der Waals surface area contributed by atoms with Gasteiger partial charge in [-0.1, -0.05) is 70.6 Å². The molecule has 1 heterocycles. The molecule has 0 amide bonds. The van der Waals surface area contributed by atoms with Crippen LogP contribution in [0.25, 0.3) is 22.2 Å². The van der Waals surface area contributed by atoms with Gasteiger partial charge in [-0.25, -0.2) is 0 Å². The Bertz CT molecular complexity index is 1200. The first kappa shape index (κ1) is 19.3. The number of aliphatic hydroxyl groups is 1. The molecule has 0 fully saturated rings. The summed E-state index contributed by atoms with van der Waals surface area (Å²) in [6.07, 6.45) is 3.73. The van der Waals surface area contributed by atoms with Crippen molar-refractivity contribution in [3.8, 4) is 0 Å². The number of nitrogens with one attached hydrogen (secondary N) is 1. The van der Waals surface area contributed by atoms with Gasteiger partial charge in [-0.2, -0.15) is 4.57 Å². The van der Waals surface area contributed by atoms with Gasteiger partial charge in [0, 0.05) is 33.2 Å². The number of thiocarbonyl (C=S) groups is 1. The fourth-order valence-corrected chi connectivity index (χ4v) is 3.73. The molecular formula is C24H18BrN2OS+. The van der Waals surface area contributed by atoms with E-state index in [1.165, 1.54) is 0 Å². The van der Waals surface area contributed by atoms with Crippen molar-refractivity contribution < 1.29 is 9.67 Å². The van der Waals surface area contributed by atoms with Crippen LogP contribution in [0, 0.1) is 0 Å². The van der Waals surface area contributed by atoms with E-state index >= 15 is 0 Å². The van der Waals surface area contributed by atoms with Crippen molar-refractivity contribution in [2.24, 2.45) is 0 Å². The van der Waals surface area contributed by atoms with Crippen molar-refractivity contribution in [1.29, 1.82) is 0 Å². The Balaban J connectivity index is 1.80. The van der Waals surface area contributed by atoms with E-state index in [-0.39, 0.29) is 5.76 Å². The van der Waals surface area contributed by atoms with Gasteiger partial charge < -0.3 is 10.4 Å². The zero-order valence-electron chi connectivity index (χ0n) is 15.4. The molecule has 3 aromatic carbocycles. The van der Waals surface area contributed by atoms with E-state index in [0.717, 1.165) is 20.9 Å². The zero-order chi connectivity index (χ0) is 20.2. The lowest BCUT2D eigenvalue weighted by atomic mass is 10.1. The molecule has 0 saturated heterocycles. The van der Waals surface area contributed by atoms with Crippen LogP contribution in [-0.2, 0) is 0 Å². The SMILES string of the molecule is O/C(=C(\C(=S)Nc1cccc2ccccc12)[n+]1ccccc1)c1ccc(Br)cc1. The number of anilines is 1. The van der Waals surface area contributed by atoms with Crippen LogP contribution >= 0.6 is 28.1 Å². The lowest BCUT2D eigenvalue weighted by Crippen LogP contribution is -2.38. The van der Waals surface area contributed by atoms with Crippen LogP contribution in [0.15, 0.2) is 102 Å². The highest BCUT2D eigenvalue weighted by molar-refractivity contribution is 9.10. The van der Waals surface area contributed by atoms with Crippen LogP contribution in [-0.4, -0.2) is 10.1 Å². The summed E-state index contributed by atoms with van der Waals surface area (Å²) in [5.41, 5.74) is 2.09. The highest BCUT2D eigenvalue weighted by Crippen LogP contribution is 2.25. The first-order valence-corrected chi connectivity index (χ1v) is 10.3. The third-order valence-electron chi connectivity index (χ3n) is 4.57. The Morgan fingerprint density at radius 3 is 2.28 bits per heavy atom. The molecule has 0 aliphatic rings. The second-order valence-corrected chi connectivity index (χ2v) is 7.79. The molecule has 0 spiro atoms. The van der Waals surface area contributed by atoms with Crippen molar-refractivity contribution in [2.45, 2.75) is 0 Å². The van der Waals surface area contributed by atoms with Crippen molar-refractivity contribution in [3.63, 3.8) is 0 Å². The summed E-state index contributed by atoms with van der Waals surface area (Å²) < 4.78 is 2.76. The van der Waals surface area contributed by atoms with Crippen molar-refractivity contribution in [3.05, 3.63) is 107 Å². The van der Waals surface area contributed by atoms with E-state index in [2.05, 4.69) is 33.4 Å². The number of fused-ring (bicyclic) bond motifs is 1. The first-order chi connectivity index (χ1) is 14.1. The molecule has 0 atom stereocenters. The number of pyridine rings is 1. The summed E-state index contributed by atoms with van der Waals surface area (Å²) in [6.45, 7) is 0. The van der Waals surface area contributed by atoms with Crippen LogP contribution in [0.3, 0.4) is 0 Å². The summed E-state index contributed by atoms with van der Waals surface area (Å²) in [5, 5.41) is 16.6. The van der Waals surface area contributed by atoms with Gasteiger partial charge in [-0.15, -0.1) is 0 Å². The molecule has 4 aromatic rings. The van der Waals surface area contributed by atoms with E-state index in [0.29, 0.717) is 16.2 Å².